The molecule has 0 radical (unpaired) electrons. The van der Waals surface area contributed by atoms with E-state index in [1.165, 1.54) is 11.1 Å². The molecule has 1 N–H and O–H groups in total. The Morgan fingerprint density at radius 1 is 1.22 bits per heavy atom. The van der Waals surface area contributed by atoms with E-state index in [1.54, 1.807) is 29.2 Å². The van der Waals surface area contributed by atoms with E-state index in [9.17, 15) is 4.79 Å². The summed E-state index contributed by atoms with van der Waals surface area (Å²) in [5, 5.41) is 7.31. The van der Waals surface area contributed by atoms with Crippen LogP contribution in [0.1, 0.15) is 35.3 Å². The van der Waals surface area contributed by atoms with Gasteiger partial charge in [-0.25, -0.2) is 9.50 Å². The van der Waals surface area contributed by atoms with Crippen molar-refractivity contribution in [3.8, 4) is 0 Å². The second-order valence-corrected chi connectivity index (χ2v) is 7.46. The number of fused-ring (bicyclic) bond motifs is 2. The van der Waals surface area contributed by atoms with E-state index in [-0.39, 0.29) is 11.9 Å². The van der Waals surface area contributed by atoms with E-state index in [0.717, 1.165) is 19.5 Å². The van der Waals surface area contributed by atoms with Crippen LogP contribution >= 0.6 is 0 Å². The third-order valence-corrected chi connectivity index (χ3v) is 5.39. The first kappa shape index (κ1) is 17.7. The summed E-state index contributed by atoms with van der Waals surface area (Å²) >= 11 is 0. The number of carbonyl (C=O) groups is 1. The van der Waals surface area contributed by atoms with Crippen molar-refractivity contribution < 1.29 is 4.79 Å². The van der Waals surface area contributed by atoms with Gasteiger partial charge in [-0.05, 0) is 29.5 Å². The Balaban J connectivity index is 1.46. The molecule has 2 aromatic heterocycles. The van der Waals surface area contributed by atoms with Crippen LogP contribution in [0, 0.1) is 5.92 Å². The molecule has 3 heterocycles. The van der Waals surface area contributed by atoms with Crippen molar-refractivity contribution in [3.05, 3.63) is 65.6 Å². The molecule has 1 unspecified atom stereocenters. The molecule has 0 aliphatic carbocycles. The monoisotopic (exact) mass is 363 g/mol. The summed E-state index contributed by atoms with van der Waals surface area (Å²) in [6.45, 7) is 7.01. The molecule has 0 saturated carbocycles. The number of aromatic nitrogens is 3. The van der Waals surface area contributed by atoms with Gasteiger partial charge in [-0.2, -0.15) is 5.10 Å². The fourth-order valence-corrected chi connectivity index (χ4v) is 3.87. The lowest BCUT2D eigenvalue weighted by Crippen LogP contribution is -2.48. The van der Waals surface area contributed by atoms with E-state index in [0.29, 0.717) is 23.7 Å². The van der Waals surface area contributed by atoms with Crippen molar-refractivity contribution in [2.24, 2.45) is 5.92 Å². The molecule has 1 aliphatic heterocycles. The number of rotatable bonds is 5. The zero-order chi connectivity index (χ0) is 18.8. The van der Waals surface area contributed by atoms with Gasteiger partial charge in [0.2, 0.25) is 0 Å². The normalized spacial score (nSPS) is 15.7. The van der Waals surface area contributed by atoms with Gasteiger partial charge in [0.25, 0.3) is 5.91 Å². The minimum atomic E-state index is -0.119. The molecule has 1 amide bonds. The molecule has 0 saturated heterocycles. The van der Waals surface area contributed by atoms with Gasteiger partial charge in [-0.15, -0.1) is 0 Å². The molecular formula is C21H25N5O. The quantitative estimate of drug-likeness (QED) is 0.757. The third-order valence-electron chi connectivity index (χ3n) is 5.39. The van der Waals surface area contributed by atoms with E-state index in [1.807, 2.05) is 0 Å². The molecule has 3 aromatic rings. The first-order valence-corrected chi connectivity index (χ1v) is 9.51. The van der Waals surface area contributed by atoms with E-state index < -0.39 is 0 Å². The molecule has 1 atom stereocenters. The van der Waals surface area contributed by atoms with Gasteiger partial charge >= 0.3 is 0 Å². The molecule has 6 nitrogen and oxygen atoms in total. The molecule has 1 aliphatic rings. The topological polar surface area (TPSA) is 62.5 Å². The highest BCUT2D eigenvalue weighted by Crippen LogP contribution is 2.23. The Labute approximate surface area is 159 Å². The zero-order valence-electron chi connectivity index (χ0n) is 15.8. The van der Waals surface area contributed by atoms with Crippen molar-refractivity contribution in [3.63, 3.8) is 0 Å². The maximum Gasteiger partial charge on any atom is 0.256 e. The lowest BCUT2D eigenvalue weighted by Gasteiger charge is -2.38. The SMILES string of the molecule is CC(C)C(CNC(=O)c1cnn2cccnc12)N1CCc2ccccc2C1. The fourth-order valence-electron chi connectivity index (χ4n) is 3.87. The third kappa shape index (κ3) is 3.57. The number of hydrogen-bond acceptors (Lipinski definition) is 4. The number of hydrogen-bond donors (Lipinski definition) is 1. The maximum atomic E-state index is 12.7. The summed E-state index contributed by atoms with van der Waals surface area (Å²) in [6.07, 6.45) is 6.11. The Bertz CT molecular complexity index is 948. The van der Waals surface area contributed by atoms with E-state index in [2.05, 4.69) is 58.4 Å². The molecule has 140 valence electrons. The second-order valence-electron chi connectivity index (χ2n) is 7.46. The number of carbonyl (C=O) groups excluding carboxylic acids is 1. The number of nitrogens with one attached hydrogen (secondary N) is 1. The van der Waals surface area contributed by atoms with Crippen molar-refractivity contribution in [2.45, 2.75) is 32.9 Å². The van der Waals surface area contributed by atoms with Gasteiger partial charge in [0.1, 0.15) is 5.56 Å². The molecule has 1 aromatic carbocycles. The molecule has 0 bridgehead atoms. The van der Waals surface area contributed by atoms with Crippen LogP contribution in [0.2, 0.25) is 0 Å². The molecule has 4 rings (SSSR count). The second kappa shape index (κ2) is 7.48. The average molecular weight is 363 g/mol. The van der Waals surface area contributed by atoms with Crippen LogP contribution in [-0.4, -0.2) is 44.5 Å². The summed E-state index contributed by atoms with van der Waals surface area (Å²) in [5.74, 6) is 0.323. The first-order chi connectivity index (χ1) is 13.1. The maximum absolute atomic E-state index is 12.7. The molecule has 6 heteroatoms. The molecular weight excluding hydrogens is 338 g/mol. The lowest BCUT2D eigenvalue weighted by atomic mass is 9.95. The average Bonchev–Trinajstić information content (AvgIpc) is 3.12. The summed E-state index contributed by atoms with van der Waals surface area (Å²) in [5.41, 5.74) is 3.94. The predicted octanol–water partition coefficient (Wildman–Crippen LogP) is 2.54. The molecule has 27 heavy (non-hydrogen) atoms. The Kier molecular flexibility index (Phi) is 4.90. The van der Waals surface area contributed by atoms with Crippen molar-refractivity contribution in [2.75, 3.05) is 13.1 Å². The lowest BCUT2D eigenvalue weighted by molar-refractivity contribution is 0.0905. The smallest absolute Gasteiger partial charge is 0.256 e. The Morgan fingerprint density at radius 3 is 2.85 bits per heavy atom. The van der Waals surface area contributed by atoms with Crippen molar-refractivity contribution in [1.29, 1.82) is 0 Å². The first-order valence-electron chi connectivity index (χ1n) is 9.51. The minimum Gasteiger partial charge on any atom is -0.350 e. The highest BCUT2D eigenvalue weighted by atomic mass is 16.1. The van der Waals surface area contributed by atoms with Crippen LogP contribution in [0.25, 0.3) is 5.65 Å². The van der Waals surface area contributed by atoms with Crippen molar-refractivity contribution >= 4 is 11.6 Å². The predicted molar refractivity (Wildman–Crippen MR) is 105 cm³/mol. The Hall–Kier alpha value is -2.73. The Morgan fingerprint density at radius 2 is 2.04 bits per heavy atom. The van der Waals surface area contributed by atoms with Crippen LogP contribution in [-0.2, 0) is 13.0 Å². The van der Waals surface area contributed by atoms with Gasteiger partial charge in [-0.3, -0.25) is 9.69 Å². The van der Waals surface area contributed by atoms with Crippen LogP contribution in [0.15, 0.2) is 48.9 Å². The molecule has 0 spiro atoms. The van der Waals surface area contributed by atoms with Gasteiger partial charge in [0, 0.05) is 38.1 Å². The van der Waals surface area contributed by atoms with Gasteiger partial charge in [-0.1, -0.05) is 38.1 Å². The number of nitrogens with zero attached hydrogens (tertiary/aromatic N) is 4. The van der Waals surface area contributed by atoms with Crippen LogP contribution in [0.3, 0.4) is 0 Å². The van der Waals surface area contributed by atoms with E-state index >= 15 is 0 Å². The summed E-state index contributed by atoms with van der Waals surface area (Å²) in [7, 11) is 0. The highest BCUT2D eigenvalue weighted by Gasteiger charge is 2.26. The highest BCUT2D eigenvalue weighted by molar-refractivity contribution is 5.99. The zero-order valence-corrected chi connectivity index (χ0v) is 15.8. The number of benzene rings is 1. The van der Waals surface area contributed by atoms with Crippen LogP contribution in [0.4, 0.5) is 0 Å². The van der Waals surface area contributed by atoms with E-state index in [4.69, 9.17) is 0 Å². The largest absolute Gasteiger partial charge is 0.350 e. The molecule has 0 fully saturated rings. The van der Waals surface area contributed by atoms with Gasteiger partial charge < -0.3 is 5.32 Å². The number of amides is 1. The fraction of sp³-hybridized carbons (Fsp3) is 0.381. The summed E-state index contributed by atoms with van der Waals surface area (Å²) < 4.78 is 1.62. The summed E-state index contributed by atoms with van der Waals surface area (Å²) in [4.78, 5) is 19.5. The standard InChI is InChI=1S/C21H25N5O/c1-15(2)19(25-11-8-16-6-3-4-7-17(16)14-25)13-23-21(27)18-12-24-26-10-5-9-22-20(18)26/h3-7,9-10,12,15,19H,8,11,13-14H2,1-2H3,(H,23,27). The van der Waals surface area contributed by atoms with Gasteiger partial charge in [0.15, 0.2) is 5.65 Å². The minimum absolute atomic E-state index is 0.119. The summed E-state index contributed by atoms with van der Waals surface area (Å²) in [6, 6.07) is 10.7. The van der Waals surface area contributed by atoms with Crippen LogP contribution < -0.4 is 5.32 Å². The van der Waals surface area contributed by atoms with Crippen LogP contribution in [0.5, 0.6) is 0 Å². The van der Waals surface area contributed by atoms with Crippen molar-refractivity contribution in [1.82, 2.24) is 24.8 Å². The van der Waals surface area contributed by atoms with Gasteiger partial charge in [0.05, 0.1) is 6.20 Å².